The van der Waals surface area contributed by atoms with Gasteiger partial charge in [-0.15, -0.1) is 0 Å². The van der Waals surface area contributed by atoms with Crippen LogP contribution in [0.15, 0.2) is 0 Å². The lowest BCUT2D eigenvalue weighted by molar-refractivity contribution is -0.0718. The lowest BCUT2D eigenvalue weighted by Crippen LogP contribution is -2.56. The summed E-state index contributed by atoms with van der Waals surface area (Å²) in [6.07, 6.45) is 10.7. The minimum atomic E-state index is 0.740. The van der Waals surface area contributed by atoms with Gasteiger partial charge in [-0.25, -0.2) is 0 Å². The molecule has 0 amide bonds. The van der Waals surface area contributed by atoms with Crippen molar-refractivity contribution >= 4 is 0 Å². The van der Waals surface area contributed by atoms with E-state index in [-0.39, 0.29) is 0 Å². The van der Waals surface area contributed by atoms with Crippen LogP contribution in [0, 0.1) is 23.2 Å². The number of nitrogens with one attached hydrogen (secondary N) is 1. The molecule has 19 heavy (non-hydrogen) atoms. The summed E-state index contributed by atoms with van der Waals surface area (Å²) < 4.78 is 0. The first-order valence-corrected chi connectivity index (χ1v) is 8.70. The molecule has 0 aromatic carbocycles. The average molecular weight is 262 g/mol. The van der Waals surface area contributed by atoms with Crippen molar-refractivity contribution in [1.29, 1.82) is 0 Å². The zero-order valence-corrected chi connectivity index (χ0v) is 12.5. The van der Waals surface area contributed by atoms with Crippen LogP contribution in [0.2, 0.25) is 0 Å². The Labute approximate surface area is 118 Å². The van der Waals surface area contributed by atoms with Crippen molar-refractivity contribution in [2.45, 2.75) is 57.9 Å². The molecule has 1 heterocycles. The van der Waals surface area contributed by atoms with Crippen LogP contribution in [-0.4, -0.2) is 37.1 Å². The molecule has 1 saturated heterocycles. The summed E-state index contributed by atoms with van der Waals surface area (Å²) in [5.74, 6) is 3.32. The van der Waals surface area contributed by atoms with Gasteiger partial charge in [0.25, 0.3) is 0 Å². The molecule has 1 aliphatic heterocycles. The van der Waals surface area contributed by atoms with Gasteiger partial charge in [-0.05, 0) is 68.1 Å². The van der Waals surface area contributed by atoms with Gasteiger partial charge in [0.1, 0.15) is 0 Å². The maximum Gasteiger partial charge on any atom is 0.0192 e. The third-order valence-electron chi connectivity index (χ3n) is 6.56. The highest BCUT2D eigenvalue weighted by Crippen LogP contribution is 2.60. The SMILES string of the molecule is CCC1CN(CC23CC4CC(CC(C4)C2)C3)CCN1. The lowest BCUT2D eigenvalue weighted by Gasteiger charge is -2.58. The maximum absolute atomic E-state index is 3.67. The fraction of sp³-hybridized carbons (Fsp3) is 1.00. The van der Waals surface area contributed by atoms with Gasteiger partial charge in [0, 0.05) is 32.2 Å². The zero-order valence-electron chi connectivity index (χ0n) is 12.5. The average Bonchev–Trinajstić information content (AvgIpc) is 2.36. The van der Waals surface area contributed by atoms with E-state index >= 15 is 0 Å². The summed E-state index contributed by atoms with van der Waals surface area (Å²) in [6.45, 7) is 7.56. The van der Waals surface area contributed by atoms with Gasteiger partial charge in [0.15, 0.2) is 0 Å². The summed E-state index contributed by atoms with van der Waals surface area (Å²) >= 11 is 0. The Kier molecular flexibility index (Phi) is 3.15. The topological polar surface area (TPSA) is 15.3 Å². The van der Waals surface area contributed by atoms with E-state index in [1.54, 1.807) is 38.5 Å². The highest BCUT2D eigenvalue weighted by atomic mass is 15.2. The largest absolute Gasteiger partial charge is 0.311 e. The summed E-state index contributed by atoms with van der Waals surface area (Å²) in [6, 6.07) is 0.752. The van der Waals surface area contributed by atoms with Gasteiger partial charge in [-0.2, -0.15) is 0 Å². The Bertz CT molecular complexity index is 303. The van der Waals surface area contributed by atoms with Crippen LogP contribution in [0.5, 0.6) is 0 Å². The van der Waals surface area contributed by atoms with E-state index in [0.717, 1.165) is 29.2 Å². The molecule has 4 bridgehead atoms. The predicted octanol–water partition coefficient (Wildman–Crippen LogP) is 2.89. The Hall–Kier alpha value is -0.0800. The van der Waals surface area contributed by atoms with Crippen LogP contribution in [-0.2, 0) is 0 Å². The van der Waals surface area contributed by atoms with Crippen molar-refractivity contribution in [2.75, 3.05) is 26.2 Å². The van der Waals surface area contributed by atoms with Crippen LogP contribution in [0.4, 0.5) is 0 Å². The van der Waals surface area contributed by atoms with E-state index in [0.29, 0.717) is 0 Å². The van der Waals surface area contributed by atoms with Crippen molar-refractivity contribution in [3.8, 4) is 0 Å². The molecular formula is C17H30N2. The molecule has 0 radical (unpaired) electrons. The normalized spacial score (nSPS) is 49.7. The molecule has 4 saturated carbocycles. The van der Waals surface area contributed by atoms with E-state index in [4.69, 9.17) is 0 Å². The fourth-order valence-electron chi connectivity index (χ4n) is 6.27. The van der Waals surface area contributed by atoms with Crippen LogP contribution in [0.3, 0.4) is 0 Å². The number of rotatable bonds is 3. The van der Waals surface area contributed by atoms with Gasteiger partial charge in [-0.3, -0.25) is 4.90 Å². The minimum absolute atomic E-state index is 0.740. The Morgan fingerprint density at radius 3 is 2.26 bits per heavy atom. The molecule has 108 valence electrons. The van der Waals surface area contributed by atoms with Gasteiger partial charge in [0.2, 0.25) is 0 Å². The summed E-state index contributed by atoms with van der Waals surface area (Å²) in [7, 11) is 0. The number of piperazine rings is 1. The molecule has 5 fully saturated rings. The molecule has 0 aromatic rings. The third-order valence-corrected chi connectivity index (χ3v) is 6.56. The van der Waals surface area contributed by atoms with E-state index in [1.807, 2.05) is 0 Å². The number of hydrogen-bond acceptors (Lipinski definition) is 2. The molecule has 0 spiro atoms. The molecule has 0 aromatic heterocycles. The quantitative estimate of drug-likeness (QED) is 0.841. The van der Waals surface area contributed by atoms with Crippen molar-refractivity contribution in [3.05, 3.63) is 0 Å². The maximum atomic E-state index is 3.67. The summed E-state index contributed by atoms with van der Waals surface area (Å²) in [4.78, 5) is 2.80. The van der Waals surface area contributed by atoms with Crippen LogP contribution >= 0.6 is 0 Å². The van der Waals surface area contributed by atoms with Crippen LogP contribution in [0.25, 0.3) is 0 Å². The van der Waals surface area contributed by atoms with Crippen LogP contribution in [0.1, 0.15) is 51.9 Å². The van der Waals surface area contributed by atoms with E-state index in [2.05, 4.69) is 17.1 Å². The van der Waals surface area contributed by atoms with Crippen molar-refractivity contribution in [1.82, 2.24) is 10.2 Å². The number of nitrogens with zero attached hydrogens (tertiary/aromatic N) is 1. The second-order valence-electron chi connectivity index (χ2n) is 8.21. The van der Waals surface area contributed by atoms with E-state index < -0.39 is 0 Å². The Morgan fingerprint density at radius 2 is 1.68 bits per heavy atom. The van der Waals surface area contributed by atoms with Crippen molar-refractivity contribution in [2.24, 2.45) is 23.2 Å². The van der Waals surface area contributed by atoms with Crippen molar-refractivity contribution < 1.29 is 0 Å². The molecule has 1 atom stereocenters. The highest BCUT2D eigenvalue weighted by Gasteiger charge is 2.51. The molecule has 5 aliphatic rings. The summed E-state index contributed by atoms with van der Waals surface area (Å²) in [5.41, 5.74) is 0.740. The van der Waals surface area contributed by atoms with E-state index in [9.17, 15) is 0 Å². The third kappa shape index (κ3) is 2.35. The van der Waals surface area contributed by atoms with Gasteiger partial charge >= 0.3 is 0 Å². The molecular weight excluding hydrogens is 232 g/mol. The molecule has 4 aliphatic carbocycles. The molecule has 1 N–H and O–H groups in total. The van der Waals surface area contributed by atoms with Crippen molar-refractivity contribution in [3.63, 3.8) is 0 Å². The van der Waals surface area contributed by atoms with Crippen LogP contribution < -0.4 is 5.32 Å². The standard InChI is InChI=1S/C17H30N2/c1-2-16-11-19(4-3-18-16)12-17-8-13-5-14(9-17)7-15(6-13)10-17/h13-16,18H,2-12H2,1H3. The molecule has 2 nitrogen and oxygen atoms in total. The summed E-state index contributed by atoms with van der Waals surface area (Å²) in [5, 5.41) is 3.67. The monoisotopic (exact) mass is 262 g/mol. The fourth-order valence-corrected chi connectivity index (χ4v) is 6.27. The highest BCUT2D eigenvalue weighted by molar-refractivity contribution is 5.03. The first-order chi connectivity index (χ1) is 9.25. The first-order valence-electron chi connectivity index (χ1n) is 8.70. The van der Waals surface area contributed by atoms with Gasteiger partial charge in [-0.1, -0.05) is 6.92 Å². The second-order valence-corrected chi connectivity index (χ2v) is 8.21. The second kappa shape index (κ2) is 4.73. The lowest BCUT2D eigenvalue weighted by atomic mass is 9.49. The zero-order chi connectivity index (χ0) is 12.9. The van der Waals surface area contributed by atoms with E-state index in [1.165, 1.54) is 32.6 Å². The number of hydrogen-bond donors (Lipinski definition) is 1. The Morgan fingerprint density at radius 1 is 1.05 bits per heavy atom. The molecule has 5 rings (SSSR count). The minimum Gasteiger partial charge on any atom is -0.311 e. The molecule has 2 heteroatoms. The predicted molar refractivity (Wildman–Crippen MR) is 79.1 cm³/mol. The Balaban J connectivity index is 1.44. The van der Waals surface area contributed by atoms with Gasteiger partial charge < -0.3 is 5.32 Å². The first kappa shape index (κ1) is 12.6. The molecule has 1 unspecified atom stereocenters. The van der Waals surface area contributed by atoms with Gasteiger partial charge in [0.05, 0.1) is 0 Å². The smallest absolute Gasteiger partial charge is 0.0192 e.